The summed E-state index contributed by atoms with van der Waals surface area (Å²) in [5.41, 5.74) is 0. The molecule has 1 fully saturated rings. The average Bonchev–Trinajstić information content (AvgIpc) is 3.49. The summed E-state index contributed by atoms with van der Waals surface area (Å²) in [7, 11) is 4.33. The molecule has 0 radical (unpaired) electrons. The molecule has 1 heterocycles. The molecule has 1 aliphatic rings. The van der Waals surface area contributed by atoms with Gasteiger partial charge in [0.25, 0.3) is 0 Å². The highest BCUT2D eigenvalue weighted by Gasteiger charge is 2.40. The molecule has 0 aromatic carbocycles. The second-order valence-electron chi connectivity index (χ2n) is 14.9. The smallest absolute Gasteiger partial charge is 0.168 e. The molecule has 1 rings (SSSR count). The van der Waals surface area contributed by atoms with Crippen LogP contribution in [0.5, 0.6) is 0 Å². The van der Waals surface area contributed by atoms with Gasteiger partial charge < -0.3 is 14.4 Å². The van der Waals surface area contributed by atoms with E-state index in [2.05, 4.69) is 81.5 Å². The maximum Gasteiger partial charge on any atom is 0.168 e. The topological polar surface area (TPSA) is 21.7 Å². The highest BCUT2D eigenvalue weighted by Crippen LogP contribution is 2.36. The molecule has 0 aromatic rings. The van der Waals surface area contributed by atoms with Gasteiger partial charge in [0.1, 0.15) is 0 Å². The third kappa shape index (κ3) is 28.7. The van der Waals surface area contributed by atoms with E-state index in [1.807, 2.05) is 0 Å². The molecule has 0 aliphatic carbocycles. The number of allylic oxidation sites excluding steroid dienone is 8. The molecule has 0 bridgehead atoms. The second-order valence-corrected chi connectivity index (χ2v) is 14.9. The second kappa shape index (κ2) is 34.3. The van der Waals surface area contributed by atoms with Crippen LogP contribution in [-0.2, 0) is 9.47 Å². The van der Waals surface area contributed by atoms with E-state index < -0.39 is 0 Å². The molecule has 0 N–H and O–H groups in total. The quantitative estimate of drug-likeness (QED) is 0.0495. The third-order valence-corrected chi connectivity index (χ3v) is 9.81. The Hall–Kier alpha value is -1.16. The van der Waals surface area contributed by atoms with Gasteiger partial charge in [-0.1, -0.05) is 140 Å². The van der Waals surface area contributed by atoms with Crippen molar-refractivity contribution in [3.05, 3.63) is 48.6 Å². The van der Waals surface area contributed by atoms with Gasteiger partial charge in [0.05, 0.1) is 12.7 Å². The van der Waals surface area contributed by atoms with Crippen LogP contribution >= 0.6 is 0 Å². The van der Waals surface area contributed by atoms with Gasteiger partial charge in [0.2, 0.25) is 0 Å². The molecule has 1 atom stereocenters. The molecule has 1 saturated heterocycles. The lowest BCUT2D eigenvalue weighted by Crippen LogP contribution is -2.31. The van der Waals surface area contributed by atoms with Gasteiger partial charge in [0.15, 0.2) is 5.79 Å². The molecule has 0 aromatic heterocycles. The van der Waals surface area contributed by atoms with E-state index in [-0.39, 0.29) is 5.79 Å². The maximum atomic E-state index is 6.74. The number of hydrogen-bond donors (Lipinski definition) is 0. The van der Waals surface area contributed by atoms with Gasteiger partial charge in [-0.2, -0.15) is 0 Å². The largest absolute Gasteiger partial charge is 0.347 e. The van der Waals surface area contributed by atoms with Crippen LogP contribution in [0, 0.1) is 0 Å². The van der Waals surface area contributed by atoms with Crippen molar-refractivity contribution in [1.82, 2.24) is 4.90 Å². The van der Waals surface area contributed by atoms with Gasteiger partial charge in [-0.05, 0) is 117 Å². The lowest BCUT2D eigenvalue weighted by atomic mass is 9.98. The van der Waals surface area contributed by atoms with Crippen molar-refractivity contribution in [2.75, 3.05) is 27.2 Å². The summed E-state index contributed by atoms with van der Waals surface area (Å²) in [4.78, 5) is 2.29. The van der Waals surface area contributed by atoms with Gasteiger partial charge >= 0.3 is 0 Å². The van der Waals surface area contributed by atoms with Crippen LogP contribution in [0.4, 0.5) is 0 Å². The summed E-state index contributed by atoms with van der Waals surface area (Å²) in [6.45, 7) is 6.50. The molecule has 1 aliphatic heterocycles. The van der Waals surface area contributed by atoms with Crippen molar-refractivity contribution in [3.8, 4) is 0 Å². The fourth-order valence-corrected chi connectivity index (χ4v) is 6.71. The molecule has 48 heavy (non-hydrogen) atoms. The lowest BCUT2D eigenvalue weighted by molar-refractivity contribution is -0.180. The summed E-state index contributed by atoms with van der Waals surface area (Å²) in [6, 6.07) is 0. The zero-order valence-electron chi connectivity index (χ0n) is 32.9. The van der Waals surface area contributed by atoms with E-state index in [4.69, 9.17) is 9.47 Å². The van der Waals surface area contributed by atoms with Crippen LogP contribution in [0.1, 0.15) is 200 Å². The van der Waals surface area contributed by atoms with E-state index in [9.17, 15) is 0 Å². The van der Waals surface area contributed by atoms with Crippen molar-refractivity contribution in [2.24, 2.45) is 0 Å². The summed E-state index contributed by atoms with van der Waals surface area (Å²) in [5.74, 6) is -0.309. The number of nitrogens with zero attached hydrogens (tertiary/aromatic N) is 1. The molecule has 0 amide bonds. The molecule has 280 valence electrons. The van der Waals surface area contributed by atoms with Crippen molar-refractivity contribution >= 4 is 0 Å². The predicted molar refractivity (Wildman–Crippen MR) is 214 cm³/mol. The molecule has 3 nitrogen and oxygen atoms in total. The summed E-state index contributed by atoms with van der Waals surface area (Å²) >= 11 is 0. The maximum absolute atomic E-state index is 6.74. The molecular formula is C45H83NO2. The first-order chi connectivity index (χ1) is 23.6. The average molecular weight is 670 g/mol. The minimum absolute atomic E-state index is 0.293. The summed E-state index contributed by atoms with van der Waals surface area (Å²) in [6.07, 6.45) is 56.0. The van der Waals surface area contributed by atoms with Crippen LogP contribution in [0.2, 0.25) is 0 Å². The van der Waals surface area contributed by atoms with Crippen molar-refractivity contribution in [3.63, 3.8) is 0 Å². The fraction of sp³-hybridized carbons (Fsp3) is 0.822. The zero-order valence-corrected chi connectivity index (χ0v) is 32.9. The SMILES string of the molecule is CCCCCC=CCC=CCCCCCCCCC1(CCCCCCCCC=CCC=CCCCCC)OCC(CCCCN(C)C)O1. The molecule has 0 spiro atoms. The summed E-state index contributed by atoms with van der Waals surface area (Å²) < 4.78 is 13.3. The standard InChI is InChI=1S/C45H83NO2/c1-5-7-9-11-13-15-17-19-21-23-25-27-29-31-33-36-40-45(47-43-44(48-45)39-35-38-42-46(3)4)41-37-34-32-30-28-26-24-22-20-18-16-14-12-10-8-6-2/h13-16,19-22,44H,5-12,17-18,23-43H2,1-4H3. The normalized spacial score (nSPS) is 18.7. The minimum atomic E-state index is -0.309. The first-order valence-corrected chi connectivity index (χ1v) is 21.2. The third-order valence-electron chi connectivity index (χ3n) is 9.81. The van der Waals surface area contributed by atoms with Crippen molar-refractivity contribution in [2.45, 2.75) is 212 Å². The zero-order chi connectivity index (χ0) is 34.6. The number of ether oxygens (including phenoxy) is 2. The number of rotatable bonds is 35. The van der Waals surface area contributed by atoms with Gasteiger partial charge in [-0.15, -0.1) is 0 Å². The highest BCUT2D eigenvalue weighted by atomic mass is 16.7. The van der Waals surface area contributed by atoms with Crippen LogP contribution in [0.25, 0.3) is 0 Å². The molecule has 3 heteroatoms. The van der Waals surface area contributed by atoms with E-state index >= 15 is 0 Å². The van der Waals surface area contributed by atoms with Gasteiger partial charge in [-0.25, -0.2) is 0 Å². The van der Waals surface area contributed by atoms with Crippen LogP contribution in [0.15, 0.2) is 48.6 Å². The fourth-order valence-electron chi connectivity index (χ4n) is 6.71. The number of unbranched alkanes of at least 4 members (excludes halogenated alkanes) is 19. The molecular weight excluding hydrogens is 587 g/mol. The van der Waals surface area contributed by atoms with Crippen molar-refractivity contribution < 1.29 is 9.47 Å². The lowest BCUT2D eigenvalue weighted by Gasteiger charge is -2.28. The van der Waals surface area contributed by atoms with E-state index in [0.29, 0.717) is 6.10 Å². The van der Waals surface area contributed by atoms with E-state index in [1.165, 1.54) is 161 Å². The summed E-state index contributed by atoms with van der Waals surface area (Å²) in [5, 5.41) is 0. The van der Waals surface area contributed by atoms with Crippen LogP contribution in [-0.4, -0.2) is 44.0 Å². The predicted octanol–water partition coefficient (Wildman–Crippen LogP) is 14.2. The Bertz CT molecular complexity index is 734. The Kier molecular flexibility index (Phi) is 32.1. The monoisotopic (exact) mass is 670 g/mol. The number of hydrogen-bond acceptors (Lipinski definition) is 3. The van der Waals surface area contributed by atoms with Gasteiger partial charge in [-0.3, -0.25) is 0 Å². The van der Waals surface area contributed by atoms with E-state index in [0.717, 1.165) is 38.7 Å². The Morgan fingerprint density at radius 1 is 0.500 bits per heavy atom. The highest BCUT2D eigenvalue weighted by molar-refractivity contribution is 4.93. The van der Waals surface area contributed by atoms with Crippen LogP contribution in [0.3, 0.4) is 0 Å². The van der Waals surface area contributed by atoms with Gasteiger partial charge in [0, 0.05) is 12.8 Å². The Morgan fingerprint density at radius 2 is 0.917 bits per heavy atom. The van der Waals surface area contributed by atoms with E-state index in [1.54, 1.807) is 0 Å². The Labute approximate surface area is 301 Å². The van der Waals surface area contributed by atoms with Crippen molar-refractivity contribution in [1.29, 1.82) is 0 Å². The molecule has 1 unspecified atom stereocenters. The molecule has 0 saturated carbocycles. The Morgan fingerprint density at radius 3 is 1.35 bits per heavy atom. The first kappa shape index (κ1) is 44.9. The Balaban J connectivity index is 2.21. The first-order valence-electron chi connectivity index (χ1n) is 21.2. The van der Waals surface area contributed by atoms with Crippen LogP contribution < -0.4 is 0 Å². The minimum Gasteiger partial charge on any atom is -0.347 e.